The molecule has 0 atom stereocenters. The Hall–Kier alpha value is -2.20. The topological polar surface area (TPSA) is 66.5 Å². The third-order valence-corrected chi connectivity index (χ3v) is 3.07. The van der Waals surface area contributed by atoms with E-state index in [1.807, 2.05) is 30.3 Å². The number of phenolic OH excluding ortho intramolecular Hbond substituents is 2. The zero-order chi connectivity index (χ0) is 12.7. The number of hydrogen-bond acceptors (Lipinski definition) is 4. The largest absolute Gasteiger partial charge is 0.504 e. The van der Waals surface area contributed by atoms with Crippen LogP contribution in [-0.2, 0) is 0 Å². The number of halogens is 1. The van der Waals surface area contributed by atoms with Gasteiger partial charge in [0.1, 0.15) is 5.69 Å². The van der Waals surface area contributed by atoms with E-state index in [9.17, 15) is 10.2 Å². The Morgan fingerprint density at radius 1 is 1.11 bits per heavy atom. The van der Waals surface area contributed by atoms with E-state index in [4.69, 9.17) is 16.1 Å². The van der Waals surface area contributed by atoms with Crippen LogP contribution in [0.2, 0.25) is 5.02 Å². The third kappa shape index (κ3) is 1.50. The van der Waals surface area contributed by atoms with Gasteiger partial charge in [-0.1, -0.05) is 47.1 Å². The second-order valence-corrected chi connectivity index (χ2v) is 4.21. The van der Waals surface area contributed by atoms with E-state index < -0.39 is 0 Å². The Kier molecular flexibility index (Phi) is 2.38. The summed E-state index contributed by atoms with van der Waals surface area (Å²) in [5, 5.41) is 23.5. The van der Waals surface area contributed by atoms with Crippen molar-refractivity contribution in [2.24, 2.45) is 0 Å². The molecule has 3 rings (SSSR count). The SMILES string of the molecule is Oc1cc2onc(-c3ccccc3)c2c(Cl)c1O. The quantitative estimate of drug-likeness (QED) is 0.657. The molecule has 1 heterocycles. The molecule has 5 heteroatoms. The van der Waals surface area contributed by atoms with Gasteiger partial charge in [0.2, 0.25) is 0 Å². The number of fused-ring (bicyclic) bond motifs is 1. The lowest BCUT2D eigenvalue weighted by atomic mass is 10.1. The highest BCUT2D eigenvalue weighted by Gasteiger charge is 2.19. The number of phenols is 2. The van der Waals surface area contributed by atoms with E-state index >= 15 is 0 Å². The van der Waals surface area contributed by atoms with Crippen molar-refractivity contribution in [1.29, 1.82) is 0 Å². The first-order chi connectivity index (χ1) is 8.68. The van der Waals surface area contributed by atoms with Crippen molar-refractivity contribution in [2.45, 2.75) is 0 Å². The maximum Gasteiger partial charge on any atom is 0.177 e. The van der Waals surface area contributed by atoms with Crippen molar-refractivity contribution < 1.29 is 14.7 Å². The highest BCUT2D eigenvalue weighted by Crippen LogP contribution is 2.43. The zero-order valence-corrected chi connectivity index (χ0v) is 9.85. The van der Waals surface area contributed by atoms with Gasteiger partial charge in [-0.25, -0.2) is 0 Å². The summed E-state index contributed by atoms with van der Waals surface area (Å²) in [7, 11) is 0. The van der Waals surface area contributed by atoms with Crippen LogP contribution in [0, 0.1) is 0 Å². The molecular formula is C13H8ClNO3. The maximum atomic E-state index is 9.64. The highest BCUT2D eigenvalue weighted by atomic mass is 35.5. The van der Waals surface area contributed by atoms with Crippen LogP contribution in [0.25, 0.3) is 22.2 Å². The lowest BCUT2D eigenvalue weighted by molar-refractivity contribution is 0.402. The summed E-state index contributed by atoms with van der Waals surface area (Å²) >= 11 is 6.02. The van der Waals surface area contributed by atoms with E-state index in [-0.39, 0.29) is 16.5 Å². The first-order valence-electron chi connectivity index (χ1n) is 5.23. The van der Waals surface area contributed by atoms with Gasteiger partial charge < -0.3 is 14.7 Å². The molecule has 0 aliphatic carbocycles. The monoisotopic (exact) mass is 261 g/mol. The van der Waals surface area contributed by atoms with E-state index in [0.717, 1.165) is 5.56 Å². The molecule has 18 heavy (non-hydrogen) atoms. The molecule has 3 aromatic rings. The van der Waals surface area contributed by atoms with Gasteiger partial charge >= 0.3 is 0 Å². The summed E-state index contributed by atoms with van der Waals surface area (Å²) in [5.74, 6) is -0.701. The summed E-state index contributed by atoms with van der Waals surface area (Å²) in [6, 6.07) is 10.6. The van der Waals surface area contributed by atoms with Crippen LogP contribution in [-0.4, -0.2) is 15.4 Å². The molecular weight excluding hydrogens is 254 g/mol. The Morgan fingerprint density at radius 2 is 1.83 bits per heavy atom. The maximum absolute atomic E-state index is 9.64. The van der Waals surface area contributed by atoms with Crippen molar-refractivity contribution in [2.75, 3.05) is 0 Å². The molecule has 2 aromatic carbocycles. The smallest absolute Gasteiger partial charge is 0.177 e. The molecule has 0 aliphatic heterocycles. The van der Waals surface area contributed by atoms with Crippen molar-refractivity contribution in [3.05, 3.63) is 41.4 Å². The Balaban J connectivity index is 2.36. The molecule has 2 N–H and O–H groups in total. The zero-order valence-electron chi connectivity index (χ0n) is 9.09. The van der Waals surface area contributed by atoms with Gasteiger partial charge in [-0.2, -0.15) is 0 Å². The number of hydrogen-bond donors (Lipinski definition) is 2. The standard InChI is InChI=1S/C13H8ClNO3/c14-11-10-9(6-8(16)13(11)17)18-15-12(10)7-4-2-1-3-5-7/h1-6,16-17H. The second kappa shape index (κ2) is 3.92. The van der Waals surface area contributed by atoms with Crippen molar-refractivity contribution in [3.8, 4) is 22.8 Å². The summed E-state index contributed by atoms with van der Waals surface area (Å²) in [6.45, 7) is 0. The van der Waals surface area contributed by atoms with Crippen LogP contribution < -0.4 is 0 Å². The Morgan fingerprint density at radius 3 is 2.56 bits per heavy atom. The lowest BCUT2D eigenvalue weighted by Gasteiger charge is -2.02. The van der Waals surface area contributed by atoms with Gasteiger partial charge in [-0.15, -0.1) is 0 Å². The summed E-state index contributed by atoms with van der Waals surface area (Å²) in [5.41, 5.74) is 1.68. The average Bonchev–Trinajstić information content (AvgIpc) is 2.81. The van der Waals surface area contributed by atoms with E-state index in [1.165, 1.54) is 6.07 Å². The van der Waals surface area contributed by atoms with E-state index in [0.29, 0.717) is 16.7 Å². The predicted octanol–water partition coefficient (Wildman–Crippen LogP) is 3.56. The normalized spacial score (nSPS) is 10.9. The molecule has 90 valence electrons. The molecule has 0 aliphatic rings. The fraction of sp³-hybridized carbons (Fsp3) is 0. The fourth-order valence-corrected chi connectivity index (χ4v) is 2.11. The molecule has 0 unspecified atom stereocenters. The molecule has 0 spiro atoms. The van der Waals surface area contributed by atoms with Gasteiger partial charge in [0.25, 0.3) is 0 Å². The highest BCUT2D eigenvalue weighted by molar-refractivity contribution is 6.38. The summed E-state index contributed by atoms with van der Waals surface area (Å²) in [6.07, 6.45) is 0. The molecule has 0 bridgehead atoms. The third-order valence-electron chi connectivity index (χ3n) is 2.70. The number of aromatic hydroxyl groups is 2. The van der Waals surface area contributed by atoms with E-state index in [2.05, 4.69) is 5.16 Å². The molecule has 0 saturated carbocycles. The molecule has 0 fully saturated rings. The number of rotatable bonds is 1. The number of benzene rings is 2. The predicted molar refractivity (Wildman–Crippen MR) is 67.8 cm³/mol. The van der Waals surface area contributed by atoms with E-state index in [1.54, 1.807) is 0 Å². The number of aromatic nitrogens is 1. The van der Waals surface area contributed by atoms with Crippen LogP contribution in [0.3, 0.4) is 0 Å². The van der Waals surface area contributed by atoms with Crippen LogP contribution in [0.1, 0.15) is 0 Å². The lowest BCUT2D eigenvalue weighted by Crippen LogP contribution is -1.79. The van der Waals surface area contributed by atoms with Crippen LogP contribution in [0.15, 0.2) is 40.9 Å². The van der Waals surface area contributed by atoms with Gasteiger partial charge in [0, 0.05) is 11.6 Å². The minimum absolute atomic E-state index is 0.0325. The average molecular weight is 262 g/mol. The first-order valence-corrected chi connectivity index (χ1v) is 5.61. The molecule has 4 nitrogen and oxygen atoms in total. The Bertz CT molecular complexity index is 722. The van der Waals surface area contributed by atoms with Crippen molar-refractivity contribution in [3.63, 3.8) is 0 Å². The second-order valence-electron chi connectivity index (χ2n) is 3.83. The van der Waals surface area contributed by atoms with Crippen LogP contribution in [0.5, 0.6) is 11.5 Å². The molecule has 0 amide bonds. The van der Waals surface area contributed by atoms with Gasteiger partial charge in [0.05, 0.1) is 10.4 Å². The van der Waals surface area contributed by atoms with Gasteiger partial charge in [0.15, 0.2) is 17.1 Å². The fourth-order valence-electron chi connectivity index (χ4n) is 1.83. The van der Waals surface area contributed by atoms with Gasteiger partial charge in [-0.3, -0.25) is 0 Å². The minimum atomic E-state index is -0.371. The van der Waals surface area contributed by atoms with Crippen molar-refractivity contribution >= 4 is 22.6 Å². The Labute approximate surface area is 107 Å². The molecule has 0 saturated heterocycles. The van der Waals surface area contributed by atoms with Crippen LogP contribution >= 0.6 is 11.6 Å². The summed E-state index contributed by atoms with van der Waals surface area (Å²) in [4.78, 5) is 0. The molecule has 1 aromatic heterocycles. The van der Waals surface area contributed by atoms with Crippen molar-refractivity contribution in [1.82, 2.24) is 5.16 Å². The number of nitrogens with zero attached hydrogens (tertiary/aromatic N) is 1. The minimum Gasteiger partial charge on any atom is -0.504 e. The summed E-state index contributed by atoms with van der Waals surface area (Å²) < 4.78 is 5.11. The van der Waals surface area contributed by atoms with Gasteiger partial charge in [-0.05, 0) is 0 Å². The first kappa shape index (κ1) is 10.9. The molecule has 0 radical (unpaired) electrons. The van der Waals surface area contributed by atoms with Crippen LogP contribution in [0.4, 0.5) is 0 Å².